The first kappa shape index (κ1) is 14.4. The summed E-state index contributed by atoms with van der Waals surface area (Å²) >= 11 is 2.00. The van der Waals surface area contributed by atoms with Crippen molar-refractivity contribution >= 4 is 38.7 Å². The van der Waals surface area contributed by atoms with Crippen LogP contribution in [0.25, 0.3) is 0 Å². The van der Waals surface area contributed by atoms with Crippen LogP contribution in [0.15, 0.2) is 17.6 Å². The maximum Gasteiger partial charge on any atom is 0.345 e. The van der Waals surface area contributed by atoms with Gasteiger partial charge in [-0.2, -0.15) is 0 Å². The van der Waals surface area contributed by atoms with Crippen LogP contribution in [-0.2, 0) is 0 Å². The van der Waals surface area contributed by atoms with Gasteiger partial charge in [0.15, 0.2) is 5.13 Å². The van der Waals surface area contributed by atoms with Gasteiger partial charge in [-0.15, -0.1) is 11.3 Å². The molecule has 20 heavy (non-hydrogen) atoms. The fraction of sp³-hybridized carbons (Fsp3) is 0.200. The quantitative estimate of drug-likeness (QED) is 0.618. The second-order valence-electron chi connectivity index (χ2n) is 3.47. The molecular weight excluding hydrogens is 304 g/mol. The van der Waals surface area contributed by atoms with Gasteiger partial charge in [0.05, 0.1) is 4.92 Å². The second kappa shape index (κ2) is 6.41. The van der Waals surface area contributed by atoms with Crippen molar-refractivity contribution < 1.29 is 14.5 Å². The van der Waals surface area contributed by atoms with Crippen molar-refractivity contribution in [3.8, 4) is 5.75 Å². The predicted octanol–water partition coefficient (Wildman–Crippen LogP) is 1.70. The number of carbonyl (C=O) groups is 1. The lowest BCUT2D eigenvalue weighted by molar-refractivity contribution is -0.380. The van der Waals surface area contributed by atoms with E-state index in [-0.39, 0.29) is 10.1 Å². The van der Waals surface area contributed by atoms with Gasteiger partial charge in [-0.1, -0.05) is 0 Å². The maximum atomic E-state index is 12.0. The summed E-state index contributed by atoms with van der Waals surface area (Å²) < 4.78 is 5.33. The number of hydrogen-bond donors (Lipinski definition) is 2. The van der Waals surface area contributed by atoms with Gasteiger partial charge in [0, 0.05) is 6.54 Å². The van der Waals surface area contributed by atoms with Crippen LogP contribution in [0.3, 0.4) is 0 Å². The van der Waals surface area contributed by atoms with E-state index in [2.05, 4.69) is 10.3 Å². The molecule has 0 aliphatic heterocycles. The Morgan fingerprint density at radius 2 is 2.40 bits per heavy atom. The summed E-state index contributed by atoms with van der Waals surface area (Å²) in [4.78, 5) is 26.1. The van der Waals surface area contributed by atoms with Crippen LogP contribution in [-0.4, -0.2) is 29.0 Å². The topological polar surface area (TPSA) is 120 Å². The van der Waals surface area contributed by atoms with E-state index in [1.165, 1.54) is 11.3 Å². The number of nitrogens with one attached hydrogen (secondary N) is 1. The van der Waals surface area contributed by atoms with E-state index in [4.69, 9.17) is 10.5 Å². The van der Waals surface area contributed by atoms with Crippen LogP contribution >= 0.6 is 22.7 Å². The van der Waals surface area contributed by atoms with E-state index in [0.717, 1.165) is 17.5 Å². The molecule has 0 spiro atoms. The van der Waals surface area contributed by atoms with Crippen LogP contribution in [0.1, 0.15) is 9.67 Å². The Morgan fingerprint density at radius 3 is 3.05 bits per heavy atom. The first-order valence-electron chi connectivity index (χ1n) is 5.43. The number of ether oxygens (including phenoxy) is 1. The summed E-state index contributed by atoms with van der Waals surface area (Å²) in [5, 5.41) is 14.8. The number of nitro groups is 1. The molecule has 0 radical (unpaired) electrons. The number of rotatable bonds is 6. The van der Waals surface area contributed by atoms with Gasteiger partial charge in [0.2, 0.25) is 0 Å². The molecule has 3 N–H and O–H groups in total. The molecule has 0 atom stereocenters. The molecule has 1 amide bonds. The van der Waals surface area contributed by atoms with Crippen LogP contribution in [0, 0.1) is 10.1 Å². The number of thiazole rings is 1. The van der Waals surface area contributed by atoms with Crippen molar-refractivity contribution in [3.05, 3.63) is 32.6 Å². The normalized spacial score (nSPS) is 10.2. The molecule has 106 valence electrons. The summed E-state index contributed by atoms with van der Waals surface area (Å²) in [5.74, 6) is 0.0141. The molecule has 10 heteroatoms. The molecule has 8 nitrogen and oxygen atoms in total. The zero-order chi connectivity index (χ0) is 14.5. The number of anilines is 1. The van der Waals surface area contributed by atoms with E-state index < -0.39 is 10.8 Å². The van der Waals surface area contributed by atoms with Crippen LogP contribution < -0.4 is 15.8 Å². The van der Waals surface area contributed by atoms with E-state index in [9.17, 15) is 14.9 Å². The first-order chi connectivity index (χ1) is 9.61. The number of amides is 1. The molecule has 2 heterocycles. The predicted molar refractivity (Wildman–Crippen MR) is 75.6 cm³/mol. The Balaban J connectivity index is 2.07. The van der Waals surface area contributed by atoms with Crippen LogP contribution in [0.4, 0.5) is 10.1 Å². The molecule has 0 fully saturated rings. The lowest BCUT2D eigenvalue weighted by atomic mass is 10.4. The number of carbonyl (C=O) groups excluding carboxylic acids is 1. The Hall–Kier alpha value is -2.04. The molecule has 2 aromatic heterocycles. The Labute approximate surface area is 121 Å². The zero-order valence-corrected chi connectivity index (χ0v) is 11.7. The Morgan fingerprint density at radius 1 is 1.60 bits per heavy atom. The van der Waals surface area contributed by atoms with Gasteiger partial charge >= 0.3 is 5.00 Å². The Bertz CT molecular complexity index is 624. The van der Waals surface area contributed by atoms with Gasteiger partial charge in [0.25, 0.3) is 5.91 Å². The van der Waals surface area contributed by atoms with Gasteiger partial charge in [-0.05, 0) is 22.8 Å². The molecule has 0 saturated carbocycles. The van der Waals surface area contributed by atoms with Crippen molar-refractivity contribution in [1.29, 1.82) is 0 Å². The summed E-state index contributed by atoms with van der Waals surface area (Å²) in [6.07, 6.45) is 1.10. The summed E-state index contributed by atoms with van der Waals surface area (Å²) in [6, 6.07) is 1.67. The third kappa shape index (κ3) is 3.29. The number of thiophene rings is 1. The van der Waals surface area contributed by atoms with E-state index in [1.807, 2.05) is 0 Å². The fourth-order valence-corrected chi connectivity index (χ4v) is 2.66. The monoisotopic (exact) mass is 314 g/mol. The highest BCUT2D eigenvalue weighted by Gasteiger charge is 2.18. The molecule has 0 aromatic carbocycles. The Kier molecular flexibility index (Phi) is 4.61. The minimum Gasteiger partial charge on any atom is -0.491 e. The zero-order valence-electron chi connectivity index (χ0n) is 10.1. The van der Waals surface area contributed by atoms with Crippen molar-refractivity contribution in [3.63, 3.8) is 0 Å². The molecule has 0 bridgehead atoms. The molecular formula is C10H10N4O4S2. The minimum atomic E-state index is -0.561. The fourth-order valence-electron chi connectivity index (χ4n) is 1.31. The van der Waals surface area contributed by atoms with Crippen molar-refractivity contribution in [1.82, 2.24) is 4.98 Å². The molecule has 0 saturated heterocycles. The van der Waals surface area contributed by atoms with Crippen LogP contribution in [0.5, 0.6) is 5.75 Å². The van der Waals surface area contributed by atoms with Gasteiger partial charge < -0.3 is 10.5 Å². The average molecular weight is 314 g/mol. The highest BCUT2D eigenvalue weighted by molar-refractivity contribution is 7.19. The maximum absolute atomic E-state index is 12.0. The van der Waals surface area contributed by atoms with Gasteiger partial charge in [-0.25, -0.2) is 4.98 Å². The van der Waals surface area contributed by atoms with E-state index in [0.29, 0.717) is 23.8 Å². The third-order valence-corrected chi connectivity index (χ3v) is 3.86. The largest absolute Gasteiger partial charge is 0.491 e. The molecule has 0 aliphatic rings. The highest BCUT2D eigenvalue weighted by Crippen LogP contribution is 2.28. The summed E-state index contributed by atoms with van der Waals surface area (Å²) in [6.45, 7) is 0.648. The third-order valence-electron chi connectivity index (χ3n) is 2.10. The van der Waals surface area contributed by atoms with Crippen LogP contribution in [0.2, 0.25) is 0 Å². The minimum absolute atomic E-state index is 0.133. The lowest BCUT2D eigenvalue weighted by Crippen LogP contribution is -2.14. The van der Waals surface area contributed by atoms with Gasteiger partial charge in [0.1, 0.15) is 23.4 Å². The first-order valence-corrected chi connectivity index (χ1v) is 7.13. The second-order valence-corrected chi connectivity index (χ2v) is 5.39. The van der Waals surface area contributed by atoms with Gasteiger partial charge in [-0.3, -0.25) is 20.2 Å². The molecule has 0 aliphatic carbocycles. The van der Waals surface area contributed by atoms with Crippen molar-refractivity contribution in [2.75, 3.05) is 18.5 Å². The number of aromatic nitrogens is 1. The highest BCUT2D eigenvalue weighted by atomic mass is 32.1. The molecule has 0 unspecified atom stereocenters. The lowest BCUT2D eigenvalue weighted by Gasteiger charge is -2.05. The number of nitrogens with two attached hydrogens (primary N) is 1. The number of hydrogen-bond acceptors (Lipinski definition) is 8. The summed E-state index contributed by atoms with van der Waals surface area (Å²) in [7, 11) is 0. The average Bonchev–Trinajstić information content (AvgIpc) is 3.04. The SMILES string of the molecule is NCCOc1ccsc1C(=O)Nc1ncc([N+](=O)[O-])s1. The smallest absolute Gasteiger partial charge is 0.345 e. The summed E-state index contributed by atoms with van der Waals surface area (Å²) in [5.41, 5.74) is 5.33. The molecule has 2 rings (SSSR count). The number of nitrogens with zero attached hydrogens (tertiary/aromatic N) is 2. The van der Waals surface area contributed by atoms with Crippen molar-refractivity contribution in [2.45, 2.75) is 0 Å². The molecule has 2 aromatic rings. The van der Waals surface area contributed by atoms with Crippen molar-refractivity contribution in [2.24, 2.45) is 5.73 Å². The van der Waals surface area contributed by atoms with E-state index >= 15 is 0 Å². The standard InChI is InChI=1S/C10H10N4O4S2/c11-2-3-18-6-1-4-19-8(6)9(15)13-10-12-5-7(20-10)14(16)17/h1,4-5H,2-3,11H2,(H,12,13,15). The van der Waals surface area contributed by atoms with E-state index in [1.54, 1.807) is 11.4 Å².